The van der Waals surface area contributed by atoms with Gasteiger partial charge in [0.1, 0.15) is 41.9 Å². The van der Waals surface area contributed by atoms with E-state index in [0.29, 0.717) is 51.6 Å². The van der Waals surface area contributed by atoms with E-state index in [2.05, 4.69) is 6.92 Å². The molecule has 4 saturated heterocycles. The number of nitrogens with zero attached hydrogens (tertiary/aromatic N) is 4. The molecule has 0 bridgehead atoms. The lowest BCUT2D eigenvalue weighted by molar-refractivity contribution is -0.192. The predicted octanol–water partition coefficient (Wildman–Crippen LogP) is 2.20. The Bertz CT molecular complexity index is 1980. The number of amides is 8. The van der Waals surface area contributed by atoms with E-state index < -0.39 is 89.4 Å². The molecule has 8 amide bonds. The van der Waals surface area contributed by atoms with Crippen molar-refractivity contribution in [2.24, 2.45) is 58.4 Å². The third-order valence-electron chi connectivity index (χ3n) is 13.9. The number of primary amides is 4. The summed E-state index contributed by atoms with van der Waals surface area (Å²) in [6.07, 6.45) is 9.84. The fourth-order valence-electron chi connectivity index (χ4n) is 10.5. The number of ether oxygens (including phenoxy) is 1. The maximum absolute atomic E-state index is 12.3. The number of carbonyl (C=O) groups excluding carboxylic acids is 11. The molecule has 24 nitrogen and oxygen atoms in total. The first kappa shape index (κ1) is 70.6. The van der Waals surface area contributed by atoms with Gasteiger partial charge in [-0.05, 0) is 76.0 Å². The summed E-state index contributed by atoms with van der Waals surface area (Å²) >= 11 is 0. The van der Waals surface area contributed by atoms with Crippen LogP contribution >= 0.6 is 0 Å². The number of nitrogens with two attached hydrogens (primary N) is 4. The zero-order valence-electron chi connectivity index (χ0n) is 45.0. The predicted molar refractivity (Wildman–Crippen MR) is 272 cm³/mol. The van der Waals surface area contributed by atoms with Gasteiger partial charge in [-0.15, -0.1) is 0 Å². The number of hydrogen-bond donors (Lipinski definition) is 6. The van der Waals surface area contributed by atoms with Crippen LogP contribution in [0.1, 0.15) is 160 Å². The van der Waals surface area contributed by atoms with Crippen LogP contribution in [0.15, 0.2) is 0 Å². The van der Waals surface area contributed by atoms with Crippen LogP contribution in [0.25, 0.3) is 0 Å². The van der Waals surface area contributed by atoms with Gasteiger partial charge >= 0.3 is 24.1 Å². The average Bonchev–Trinajstić information content (AvgIpc) is 4.02. The second-order valence-electron chi connectivity index (χ2n) is 18.9. The zero-order valence-corrected chi connectivity index (χ0v) is 45.0. The third kappa shape index (κ3) is 19.0. The first-order valence-corrected chi connectivity index (χ1v) is 25.7. The Morgan fingerprint density at radius 3 is 1.19 bits per heavy atom. The largest absolute Gasteiger partial charge is 0.481 e. The summed E-state index contributed by atoms with van der Waals surface area (Å²) < 4.78 is 4.70. The lowest BCUT2D eigenvalue weighted by Gasteiger charge is -2.30. The summed E-state index contributed by atoms with van der Waals surface area (Å²) in [5, 5.41) is 18.1. The van der Waals surface area contributed by atoms with Gasteiger partial charge in [-0.25, -0.2) is 0 Å². The standard InChI is InChI=1S/C13H22N2O4.2C12H20N2O4.C12H22N2O2.CO2.CH4/c1-4-6-8-7-15(9(5-2)11(14)16)12(17)10(8)13(18)19-3;1-3-5-7-6-8(12(17)18)11(16)14(7)9(4-2)10(13)15;1-3-5-7-6-14(8(4-2)10(13)15)11(16)9(7)12(17)18;1-4-6-9-7-8(3)12(16)14(9)10(5-2)11(13)15;2-1-3;/h8-10H,4-7H2,1-3H3,(H2,14,16);2*7-9H,3-6H2,1-2H3,(H2,13,15)(H,17,18);8-10H,4-7H2,1-3H3,(H2,13,15);;1H4/t8-,9-,10?;7?,8?,9-;7-,8-,9?;8?,9?,10-;;/m0000../s1. The van der Waals surface area contributed by atoms with E-state index in [1.807, 2.05) is 34.6 Å². The van der Waals surface area contributed by atoms with Crippen LogP contribution in [-0.2, 0) is 67.1 Å². The number of aliphatic carboxylic acids is 2. The van der Waals surface area contributed by atoms with Crippen molar-refractivity contribution < 1.29 is 77.3 Å². The summed E-state index contributed by atoms with van der Waals surface area (Å²) in [5.74, 6) is -9.18. The molecule has 4 fully saturated rings. The molecule has 0 saturated carbocycles. The van der Waals surface area contributed by atoms with E-state index >= 15 is 0 Å². The number of carboxylic acid groups (broad SMARTS) is 2. The fourth-order valence-corrected chi connectivity index (χ4v) is 10.5. The number of carbonyl (C=O) groups is 11. The Morgan fingerprint density at radius 1 is 0.547 bits per heavy atom. The molecule has 0 aromatic carbocycles. The molecule has 6 unspecified atom stereocenters. The normalized spacial score (nSPS) is 24.2. The molecule has 0 aromatic heterocycles. The first-order valence-electron chi connectivity index (χ1n) is 25.7. The molecule has 4 rings (SSSR count). The van der Waals surface area contributed by atoms with Crippen LogP contribution in [0, 0.1) is 35.5 Å². The highest BCUT2D eigenvalue weighted by molar-refractivity contribution is 6.02. The van der Waals surface area contributed by atoms with Crippen LogP contribution in [0.5, 0.6) is 0 Å². The lowest BCUT2D eigenvalue weighted by atomic mass is 9.91. The Kier molecular flexibility index (Phi) is 32.9. The smallest absolute Gasteiger partial charge is 0.373 e. The van der Waals surface area contributed by atoms with Gasteiger partial charge in [0.15, 0.2) is 0 Å². The van der Waals surface area contributed by atoms with E-state index in [-0.39, 0.29) is 67.6 Å². The van der Waals surface area contributed by atoms with Crippen LogP contribution in [0.2, 0.25) is 0 Å². The Balaban J connectivity index is 0. The molecule has 0 radical (unpaired) electrons. The molecule has 4 aliphatic rings. The SMILES string of the molecule is C.CCCC1CC(C(=O)O)C(=O)N1[C@@H](CC)C(N)=O.CCCC1CC(C)C(=O)N1[C@@H](CC)C(N)=O.CCC[C@H]1CN([C@@H](CC)C(N)=O)C(=O)C1C(=O)O.CCC[C@H]1CN([C@@H](CC)C(N)=O)C(=O)C1C(=O)OC.O=C=O. The molecular weight excluding hydrogens is 981 g/mol. The van der Waals surface area contributed by atoms with Gasteiger partial charge in [-0.2, -0.15) is 9.59 Å². The van der Waals surface area contributed by atoms with Gasteiger partial charge < -0.3 is 57.5 Å². The van der Waals surface area contributed by atoms with Crippen molar-refractivity contribution in [3.8, 4) is 0 Å². The quantitative estimate of drug-likeness (QED) is 0.0631. The van der Waals surface area contributed by atoms with Crippen molar-refractivity contribution in [1.29, 1.82) is 0 Å². The van der Waals surface area contributed by atoms with Gasteiger partial charge in [0.05, 0.1) is 7.11 Å². The summed E-state index contributed by atoms with van der Waals surface area (Å²) in [6.45, 7) is 17.8. The number of carboxylic acids is 2. The number of rotatable bonds is 23. The molecule has 10 N–H and O–H groups in total. The van der Waals surface area contributed by atoms with E-state index in [9.17, 15) is 52.7 Å². The summed E-state index contributed by atoms with van der Waals surface area (Å²) in [6, 6.07) is -2.44. The number of likely N-dealkylation sites (tertiary alicyclic amines) is 4. The monoisotopic (exact) mass is 1070 g/mol. The van der Waals surface area contributed by atoms with E-state index in [0.717, 1.165) is 44.9 Å². The van der Waals surface area contributed by atoms with Gasteiger partial charge in [-0.1, -0.05) is 95.4 Å². The molecule has 75 heavy (non-hydrogen) atoms. The van der Waals surface area contributed by atoms with Crippen molar-refractivity contribution in [3.63, 3.8) is 0 Å². The minimum Gasteiger partial charge on any atom is -0.481 e. The second kappa shape index (κ2) is 34.9. The van der Waals surface area contributed by atoms with Crippen molar-refractivity contribution in [1.82, 2.24) is 19.6 Å². The zero-order chi connectivity index (χ0) is 57.3. The second-order valence-corrected chi connectivity index (χ2v) is 18.9. The highest BCUT2D eigenvalue weighted by Gasteiger charge is 2.50. The summed E-state index contributed by atoms with van der Waals surface area (Å²) in [5.41, 5.74) is 21.2. The van der Waals surface area contributed by atoms with E-state index in [4.69, 9.17) is 47.5 Å². The van der Waals surface area contributed by atoms with Gasteiger partial charge in [0.25, 0.3) is 0 Å². The first-order chi connectivity index (χ1) is 34.8. The Hall–Kier alpha value is -6.45. The Morgan fingerprint density at radius 2 is 0.880 bits per heavy atom. The number of hydrogen-bond acceptors (Lipinski definition) is 14. The molecule has 12 atom stereocenters. The minimum atomic E-state index is -1.12. The topological polar surface area (TPSA) is 389 Å². The third-order valence-corrected chi connectivity index (χ3v) is 13.9. The highest BCUT2D eigenvalue weighted by atomic mass is 16.5. The molecule has 428 valence electrons. The van der Waals surface area contributed by atoms with Crippen molar-refractivity contribution >= 4 is 71.3 Å². The van der Waals surface area contributed by atoms with Crippen LogP contribution in [0.3, 0.4) is 0 Å². The van der Waals surface area contributed by atoms with Crippen molar-refractivity contribution in [2.45, 2.75) is 196 Å². The minimum absolute atomic E-state index is 0. The van der Waals surface area contributed by atoms with Gasteiger partial charge in [-0.3, -0.25) is 52.7 Å². The van der Waals surface area contributed by atoms with Crippen LogP contribution in [0.4, 0.5) is 0 Å². The van der Waals surface area contributed by atoms with Crippen molar-refractivity contribution in [3.05, 3.63) is 0 Å². The van der Waals surface area contributed by atoms with Gasteiger partial charge in [0, 0.05) is 31.1 Å². The fraction of sp³-hybridized carbons (Fsp3) is 0.765. The van der Waals surface area contributed by atoms with E-state index in [1.54, 1.807) is 25.7 Å². The number of esters is 1. The molecule has 0 spiro atoms. The molecule has 0 aliphatic carbocycles. The van der Waals surface area contributed by atoms with E-state index in [1.165, 1.54) is 21.8 Å². The maximum atomic E-state index is 12.3. The molecular formula is C51H88N8O16. The lowest BCUT2D eigenvalue weighted by Crippen LogP contribution is -2.49. The average molecular weight is 1070 g/mol. The molecule has 4 heterocycles. The Labute approximate surface area is 441 Å². The summed E-state index contributed by atoms with van der Waals surface area (Å²) in [7, 11) is 1.27. The maximum Gasteiger partial charge on any atom is 0.373 e. The van der Waals surface area contributed by atoms with Crippen molar-refractivity contribution in [2.75, 3.05) is 20.2 Å². The molecule has 4 aliphatic heterocycles. The molecule has 0 aromatic rings. The number of methoxy groups -OCH3 is 1. The molecule has 24 heteroatoms. The van der Waals surface area contributed by atoms with Crippen LogP contribution < -0.4 is 22.9 Å². The van der Waals surface area contributed by atoms with Gasteiger partial charge in [0.2, 0.25) is 47.3 Å². The summed E-state index contributed by atoms with van der Waals surface area (Å²) in [4.78, 5) is 150. The highest BCUT2D eigenvalue weighted by Crippen LogP contribution is 2.34. The van der Waals surface area contributed by atoms with Crippen LogP contribution in [-0.4, -0.2) is 158 Å².